The van der Waals surface area contributed by atoms with Crippen molar-refractivity contribution in [3.63, 3.8) is 0 Å². The number of hydrogen-bond acceptors (Lipinski definition) is 15. The Morgan fingerprint density at radius 3 is 2.30 bits per heavy atom. The number of nitrogens with one attached hydrogen (secondary N) is 6. The van der Waals surface area contributed by atoms with Crippen molar-refractivity contribution >= 4 is 51.4 Å². The highest BCUT2D eigenvalue weighted by Crippen LogP contribution is 2.65. The Kier molecular flexibility index (Phi) is 24.4. The summed E-state index contributed by atoms with van der Waals surface area (Å²) in [5.41, 5.74) is 11.4. The number of rotatable bonds is 37. The molecule has 6 atom stereocenters. The van der Waals surface area contributed by atoms with Gasteiger partial charge in [-0.25, -0.2) is 21.9 Å². The first-order chi connectivity index (χ1) is 43.2. The van der Waals surface area contributed by atoms with Crippen LogP contribution in [0.1, 0.15) is 167 Å². The molecule has 90 heavy (non-hydrogen) atoms. The summed E-state index contributed by atoms with van der Waals surface area (Å²) in [5.74, 6) is 2.11. The minimum atomic E-state index is -4.54. The first kappa shape index (κ1) is 68.5. The van der Waals surface area contributed by atoms with E-state index in [2.05, 4.69) is 98.1 Å². The molecule has 2 saturated heterocycles. The van der Waals surface area contributed by atoms with E-state index in [4.69, 9.17) is 19.7 Å². The van der Waals surface area contributed by atoms with E-state index in [9.17, 15) is 37.2 Å². The van der Waals surface area contributed by atoms with E-state index in [0.29, 0.717) is 98.4 Å². The van der Waals surface area contributed by atoms with Crippen LogP contribution in [0.25, 0.3) is 10.4 Å². The van der Waals surface area contributed by atoms with E-state index >= 15 is 0 Å². The molecule has 0 unspecified atom stereocenters. The van der Waals surface area contributed by atoms with Gasteiger partial charge >= 0.3 is 6.03 Å². The van der Waals surface area contributed by atoms with Crippen LogP contribution in [0.2, 0.25) is 0 Å². The number of fused-ring (bicyclic) bond motifs is 2. The van der Waals surface area contributed by atoms with Crippen LogP contribution >= 0.6 is 11.8 Å². The molecule has 6 amide bonds. The normalized spacial score (nSPS) is 19.7. The number of carbonyl (C=O) groups is 5. The number of aromatic nitrogens is 4. The van der Waals surface area contributed by atoms with Crippen LogP contribution in [-0.2, 0) is 42.9 Å². The molecule has 3 fully saturated rings. The largest absolute Gasteiger partial charge is 0.496 e. The molecule has 6 N–H and O–H groups in total. The van der Waals surface area contributed by atoms with E-state index in [1.165, 1.54) is 29.8 Å². The highest BCUT2D eigenvalue weighted by molar-refractivity contribution is 8.00. The minimum Gasteiger partial charge on any atom is -0.496 e. The maximum atomic E-state index is 13.8. The van der Waals surface area contributed by atoms with Crippen LogP contribution in [0.4, 0.5) is 4.79 Å². The molecule has 24 nitrogen and oxygen atoms in total. The lowest BCUT2D eigenvalue weighted by atomic mass is 9.45. The number of benzene rings is 2. The van der Waals surface area contributed by atoms with Gasteiger partial charge < -0.3 is 46.1 Å². The van der Waals surface area contributed by atoms with Crippen molar-refractivity contribution in [3.8, 4) is 11.5 Å². The number of nitrogens with zero attached hydrogens (tertiary/aromatic N) is 7. The van der Waals surface area contributed by atoms with Gasteiger partial charge in [-0.2, -0.15) is 11.8 Å². The van der Waals surface area contributed by atoms with E-state index in [0.717, 1.165) is 117 Å². The van der Waals surface area contributed by atoms with Gasteiger partial charge in [0.15, 0.2) is 0 Å². The average Bonchev–Trinajstić information content (AvgIpc) is 0.875. The Bertz CT molecular complexity index is 3410. The molecule has 3 aliphatic carbocycles. The molecule has 4 aromatic rings. The van der Waals surface area contributed by atoms with E-state index < -0.39 is 27.4 Å². The van der Waals surface area contributed by atoms with Crippen molar-refractivity contribution < 1.29 is 46.6 Å². The van der Waals surface area contributed by atoms with Crippen LogP contribution in [0.3, 0.4) is 0 Å². The van der Waals surface area contributed by atoms with Gasteiger partial charge in [0.2, 0.25) is 11.8 Å². The summed E-state index contributed by atoms with van der Waals surface area (Å²) in [5, 5.41) is 29.7. The SMILES string of the molecule is COc1cc(C(C)(C)CCCCCCN=[N+]=[N-])cc(OC)c1[C@H]1C=C(CNC(=O)CCCCCCNC(=O)c2ccc(=O)n(S(=O)(=O)c3cccc(C(=O)NCc4cn(CCOCCNC(=O)CCCC[C@@H]5SC[C@@H]6NC(=O)N[C@@H]65)nn4)c3)c2)[C@H]2C[C@@H]1C2(C)C. The predicted octanol–water partition coefficient (Wildman–Crippen LogP) is 8.20. The lowest BCUT2D eigenvalue weighted by molar-refractivity contribution is -0.122. The first-order valence-corrected chi connectivity index (χ1v) is 34.0. The summed E-state index contributed by atoms with van der Waals surface area (Å²) in [4.78, 5) is 79.1. The van der Waals surface area contributed by atoms with E-state index in [1.807, 2.05) is 11.8 Å². The molecule has 0 radical (unpaired) electrons. The average molecular weight is 1280 g/mol. The van der Waals surface area contributed by atoms with E-state index in [-0.39, 0.29) is 69.2 Å². The van der Waals surface area contributed by atoms with Gasteiger partial charge in [0.1, 0.15) is 17.2 Å². The lowest BCUT2D eigenvalue weighted by Crippen LogP contribution is -2.52. The number of carbonyl (C=O) groups excluding carboxylic acids is 5. The van der Waals surface area contributed by atoms with Crippen molar-refractivity contribution in [3.05, 3.63) is 121 Å². The third kappa shape index (κ3) is 17.7. The van der Waals surface area contributed by atoms with Crippen LogP contribution in [0.15, 0.2) is 87.4 Å². The number of unbranched alkanes of at least 4 members (excludes halogenated alkanes) is 7. The first-order valence-electron chi connectivity index (χ1n) is 31.6. The number of allylic oxidation sites excluding steroid dienone is 1. The second-order valence-electron chi connectivity index (χ2n) is 25.0. The van der Waals surface area contributed by atoms with Gasteiger partial charge in [0, 0.05) is 84.2 Å². The van der Waals surface area contributed by atoms with Crippen LogP contribution in [0, 0.1) is 17.3 Å². The maximum absolute atomic E-state index is 13.8. The van der Waals surface area contributed by atoms with Crippen LogP contribution in [0.5, 0.6) is 11.5 Å². The molecule has 1 saturated carbocycles. The smallest absolute Gasteiger partial charge is 0.315 e. The molecule has 2 aliphatic heterocycles. The molecule has 2 aromatic carbocycles. The number of amides is 6. The Morgan fingerprint density at radius 2 is 1.54 bits per heavy atom. The third-order valence-corrected chi connectivity index (χ3v) is 21.3. The van der Waals surface area contributed by atoms with Crippen molar-refractivity contribution in [2.24, 2.45) is 22.4 Å². The standard InChI is InChI=1S/C64H89N13O11S2/c1-63(2,25-14-8-10-16-27-70-74-65)45-34-52(86-5)58(53(35-45)87-6)48-33-44(49-36-50(48)64(49,3)4)37-68-56(79)21-11-7-9-15-26-67-61(82)43-23-24-57(80)77(39-43)90(84,85)47-19-17-18-42(32-47)60(81)69-38-46-40-76(75-73-46)29-31-88-30-28-66-55(78)22-13-12-20-54-59-51(41-89-54)71-62(83)72-59/h17-19,23-24,32-35,39-40,48-51,54,59H,7-16,20-22,25-31,36-38,41H2,1-6H3,(H,66,78)(H,67,82)(H,68,79)(H,69,81)(H2,71,72,83)/t48-,49+,50-,51-,54-,59-/m0/s1. The molecule has 26 heteroatoms. The molecule has 2 bridgehead atoms. The molecule has 4 heterocycles. The summed E-state index contributed by atoms with van der Waals surface area (Å²) in [7, 11) is -1.11. The summed E-state index contributed by atoms with van der Waals surface area (Å²) in [6.45, 7) is 11.8. The van der Waals surface area contributed by atoms with Crippen molar-refractivity contribution in [2.75, 3.05) is 59.4 Å². The van der Waals surface area contributed by atoms with Crippen molar-refractivity contribution in [1.29, 1.82) is 0 Å². The summed E-state index contributed by atoms with van der Waals surface area (Å²) < 4.78 is 47.6. The molecule has 2 aromatic heterocycles. The monoisotopic (exact) mass is 1280 g/mol. The molecule has 0 spiro atoms. The van der Waals surface area contributed by atoms with Crippen LogP contribution < -0.4 is 46.9 Å². The maximum Gasteiger partial charge on any atom is 0.315 e. The second-order valence-corrected chi connectivity index (χ2v) is 28.1. The number of azide groups is 1. The lowest BCUT2D eigenvalue weighted by Gasteiger charge is -2.59. The van der Waals surface area contributed by atoms with Crippen LogP contribution in [-0.4, -0.2) is 134 Å². The summed E-state index contributed by atoms with van der Waals surface area (Å²) >= 11 is 1.86. The summed E-state index contributed by atoms with van der Waals surface area (Å²) in [6, 6.07) is 12.1. The van der Waals surface area contributed by atoms with Gasteiger partial charge in [0.25, 0.3) is 27.4 Å². The van der Waals surface area contributed by atoms with Gasteiger partial charge in [0.05, 0.1) is 69.3 Å². The highest BCUT2D eigenvalue weighted by Gasteiger charge is 2.56. The number of thioether (sulfide) groups is 1. The zero-order chi connectivity index (χ0) is 64.4. The fourth-order valence-electron chi connectivity index (χ4n) is 12.8. The fraction of sp³-hybridized carbons (Fsp3) is 0.594. The Morgan fingerprint density at radius 1 is 0.822 bits per heavy atom. The second kappa shape index (κ2) is 32.0. The summed E-state index contributed by atoms with van der Waals surface area (Å²) in [6.07, 6.45) is 17.2. The zero-order valence-electron chi connectivity index (χ0n) is 52.7. The Hall–Kier alpha value is -7.41. The predicted molar refractivity (Wildman–Crippen MR) is 343 cm³/mol. The number of ether oxygens (including phenoxy) is 3. The van der Waals surface area contributed by atoms with E-state index in [1.54, 1.807) is 25.1 Å². The number of pyridine rings is 1. The van der Waals surface area contributed by atoms with Crippen molar-refractivity contribution in [1.82, 2.24) is 50.9 Å². The Labute approximate surface area is 531 Å². The quantitative estimate of drug-likeness (QED) is 0.00619. The fourth-order valence-corrected chi connectivity index (χ4v) is 15.7. The highest BCUT2D eigenvalue weighted by atomic mass is 32.2. The number of hydrogen-bond donors (Lipinski definition) is 6. The zero-order valence-corrected chi connectivity index (χ0v) is 54.4. The minimum absolute atomic E-state index is 0.0121. The number of methoxy groups -OCH3 is 2. The molecule has 5 aliphatic rings. The molecular weight excluding hydrogens is 1190 g/mol. The van der Waals surface area contributed by atoms with Gasteiger partial charge in [-0.05, 0) is 115 Å². The molecule has 488 valence electrons. The molecular formula is C64H89N13O11S2. The van der Waals surface area contributed by atoms with Gasteiger partial charge in [-0.15, -0.1) is 5.10 Å². The van der Waals surface area contributed by atoms with Gasteiger partial charge in [-0.3, -0.25) is 24.0 Å². The number of urea groups is 1. The van der Waals surface area contributed by atoms with Crippen molar-refractivity contribution in [2.45, 2.75) is 171 Å². The topological polar surface area (TPSA) is 321 Å². The third-order valence-electron chi connectivity index (χ3n) is 18.2. The Balaban J connectivity index is 0.715. The van der Waals surface area contributed by atoms with Gasteiger partial charge in [-0.1, -0.05) is 94.3 Å². The molecule has 9 rings (SSSR count).